The number of nitrogens with zero attached hydrogens (tertiary/aromatic N) is 2. The highest BCUT2D eigenvalue weighted by Gasteiger charge is 2.45. The maximum Gasteiger partial charge on any atom is 0.253 e. The SMILES string of the molecule is CC1c2cc3c(cc2C2(CCCC2)CN1CC(=O)Nc1cccc(C(=O)N(C)C)c1)OCCO3. The number of hydrogen-bond donors (Lipinski definition) is 1. The normalized spacial score (nSPS) is 20.6. The molecule has 1 spiro atoms. The molecule has 2 aliphatic heterocycles. The van der Waals surface area contributed by atoms with Gasteiger partial charge in [0.15, 0.2) is 11.5 Å². The molecule has 7 nitrogen and oxygen atoms in total. The van der Waals surface area contributed by atoms with Gasteiger partial charge in [-0.15, -0.1) is 0 Å². The van der Waals surface area contributed by atoms with Gasteiger partial charge >= 0.3 is 0 Å². The van der Waals surface area contributed by atoms with Crippen molar-refractivity contribution in [2.24, 2.45) is 0 Å². The topological polar surface area (TPSA) is 71.1 Å². The Hall–Kier alpha value is -3.06. The zero-order chi connectivity index (χ0) is 23.9. The first-order valence-electron chi connectivity index (χ1n) is 12.2. The van der Waals surface area contributed by atoms with E-state index >= 15 is 0 Å². The van der Waals surface area contributed by atoms with Crippen LogP contribution >= 0.6 is 0 Å². The Morgan fingerprint density at radius 1 is 1.09 bits per heavy atom. The van der Waals surface area contributed by atoms with Crippen LogP contribution in [0.2, 0.25) is 0 Å². The first-order valence-corrected chi connectivity index (χ1v) is 12.2. The molecule has 0 saturated heterocycles. The monoisotopic (exact) mass is 463 g/mol. The molecule has 1 N–H and O–H groups in total. The van der Waals surface area contributed by atoms with Crippen molar-refractivity contribution in [1.29, 1.82) is 0 Å². The molecule has 1 saturated carbocycles. The molecule has 2 heterocycles. The van der Waals surface area contributed by atoms with Crippen LogP contribution in [-0.4, -0.2) is 62.0 Å². The fourth-order valence-electron chi connectivity index (χ4n) is 5.76. The molecule has 2 aromatic rings. The fraction of sp³-hybridized carbons (Fsp3) is 0.481. The van der Waals surface area contributed by atoms with E-state index in [1.54, 1.807) is 32.3 Å². The van der Waals surface area contributed by atoms with E-state index in [0.717, 1.165) is 30.9 Å². The third-order valence-corrected chi connectivity index (χ3v) is 7.50. The maximum absolute atomic E-state index is 13.1. The molecule has 1 atom stereocenters. The molecule has 0 bridgehead atoms. The highest BCUT2D eigenvalue weighted by atomic mass is 16.6. The van der Waals surface area contributed by atoms with Gasteiger partial charge in [-0.05, 0) is 61.2 Å². The smallest absolute Gasteiger partial charge is 0.253 e. The summed E-state index contributed by atoms with van der Waals surface area (Å²) in [5, 5.41) is 3.00. The quantitative estimate of drug-likeness (QED) is 0.743. The second-order valence-electron chi connectivity index (χ2n) is 9.98. The second-order valence-corrected chi connectivity index (χ2v) is 9.98. The summed E-state index contributed by atoms with van der Waals surface area (Å²) in [6, 6.07) is 11.5. The lowest BCUT2D eigenvalue weighted by atomic mass is 9.71. The third-order valence-electron chi connectivity index (χ3n) is 7.50. The van der Waals surface area contributed by atoms with E-state index in [-0.39, 0.29) is 23.3 Å². The summed E-state index contributed by atoms with van der Waals surface area (Å²) >= 11 is 0. The first-order chi connectivity index (χ1) is 16.4. The Bertz CT molecular complexity index is 1110. The summed E-state index contributed by atoms with van der Waals surface area (Å²) in [5.74, 6) is 1.49. The van der Waals surface area contributed by atoms with E-state index in [1.807, 2.05) is 6.07 Å². The molecule has 5 rings (SSSR count). The number of amides is 2. The van der Waals surface area contributed by atoms with Gasteiger partial charge in [0.1, 0.15) is 13.2 Å². The van der Waals surface area contributed by atoms with Crippen molar-refractivity contribution in [2.45, 2.75) is 44.1 Å². The number of carbonyl (C=O) groups is 2. The van der Waals surface area contributed by atoms with Crippen molar-refractivity contribution in [3.63, 3.8) is 0 Å². The van der Waals surface area contributed by atoms with Crippen LogP contribution in [0, 0.1) is 0 Å². The van der Waals surface area contributed by atoms with Crippen molar-refractivity contribution in [1.82, 2.24) is 9.80 Å². The minimum Gasteiger partial charge on any atom is -0.486 e. The molecule has 180 valence electrons. The molecule has 3 aliphatic rings. The third kappa shape index (κ3) is 4.13. The van der Waals surface area contributed by atoms with E-state index in [4.69, 9.17) is 9.47 Å². The molecule has 2 aromatic carbocycles. The predicted molar refractivity (Wildman–Crippen MR) is 131 cm³/mol. The summed E-state index contributed by atoms with van der Waals surface area (Å²) in [4.78, 5) is 29.2. The Morgan fingerprint density at radius 3 is 2.50 bits per heavy atom. The minimum absolute atomic E-state index is 0.0516. The summed E-state index contributed by atoms with van der Waals surface area (Å²) < 4.78 is 11.8. The van der Waals surface area contributed by atoms with Crippen LogP contribution in [0.3, 0.4) is 0 Å². The van der Waals surface area contributed by atoms with Gasteiger partial charge in [-0.1, -0.05) is 18.9 Å². The standard InChI is InChI=1S/C27H33N3O4/c1-18-21-14-23-24(34-12-11-33-23)15-22(21)27(9-4-5-10-27)17-30(18)16-25(31)28-20-8-6-7-19(13-20)26(32)29(2)3/h6-8,13-15,18H,4-5,9-12,16-17H2,1-3H3,(H,28,31). The number of carbonyl (C=O) groups excluding carboxylic acids is 2. The van der Waals surface area contributed by atoms with E-state index in [9.17, 15) is 9.59 Å². The molecular weight excluding hydrogens is 430 g/mol. The van der Waals surface area contributed by atoms with Crippen LogP contribution < -0.4 is 14.8 Å². The first kappa shape index (κ1) is 22.7. The van der Waals surface area contributed by atoms with Crippen LogP contribution in [0.25, 0.3) is 0 Å². The number of fused-ring (bicyclic) bond motifs is 3. The number of nitrogens with one attached hydrogen (secondary N) is 1. The van der Waals surface area contributed by atoms with Crippen molar-refractivity contribution in [2.75, 3.05) is 45.7 Å². The van der Waals surface area contributed by atoms with Crippen molar-refractivity contribution < 1.29 is 19.1 Å². The number of benzene rings is 2. The molecule has 1 aliphatic carbocycles. The second kappa shape index (κ2) is 8.95. The van der Waals surface area contributed by atoms with E-state index < -0.39 is 0 Å². The molecule has 2 amide bonds. The van der Waals surface area contributed by atoms with Gasteiger partial charge in [-0.25, -0.2) is 0 Å². The van der Waals surface area contributed by atoms with Crippen molar-refractivity contribution >= 4 is 17.5 Å². The minimum atomic E-state index is -0.0879. The highest BCUT2D eigenvalue weighted by molar-refractivity contribution is 5.97. The Balaban J connectivity index is 1.37. The summed E-state index contributed by atoms with van der Waals surface area (Å²) in [6.45, 7) is 4.46. The van der Waals surface area contributed by atoms with Gasteiger partial charge in [0.25, 0.3) is 5.91 Å². The van der Waals surface area contributed by atoms with E-state index in [2.05, 4.69) is 29.3 Å². The van der Waals surface area contributed by atoms with Crippen LogP contribution in [0.15, 0.2) is 36.4 Å². The summed E-state index contributed by atoms with van der Waals surface area (Å²) in [5.41, 5.74) is 3.85. The van der Waals surface area contributed by atoms with Gasteiger partial charge in [0.2, 0.25) is 5.91 Å². The van der Waals surface area contributed by atoms with Crippen LogP contribution in [0.1, 0.15) is 60.1 Å². The zero-order valence-corrected chi connectivity index (χ0v) is 20.2. The van der Waals surface area contributed by atoms with Gasteiger partial charge in [-0.2, -0.15) is 0 Å². The largest absolute Gasteiger partial charge is 0.486 e. The number of ether oxygens (including phenoxy) is 2. The average Bonchev–Trinajstić information content (AvgIpc) is 3.30. The molecule has 0 radical (unpaired) electrons. The zero-order valence-electron chi connectivity index (χ0n) is 20.2. The van der Waals surface area contributed by atoms with Crippen LogP contribution in [-0.2, 0) is 10.2 Å². The Kier molecular flexibility index (Phi) is 5.98. The molecular formula is C27H33N3O4. The lowest BCUT2D eigenvalue weighted by Gasteiger charge is -2.46. The molecule has 34 heavy (non-hydrogen) atoms. The van der Waals surface area contributed by atoms with Gasteiger partial charge in [0.05, 0.1) is 6.54 Å². The number of rotatable bonds is 4. The van der Waals surface area contributed by atoms with Gasteiger partial charge in [0, 0.05) is 43.3 Å². The summed E-state index contributed by atoms with van der Waals surface area (Å²) in [6.07, 6.45) is 4.66. The lowest BCUT2D eigenvalue weighted by molar-refractivity contribution is -0.118. The Labute approximate surface area is 201 Å². The predicted octanol–water partition coefficient (Wildman–Crippen LogP) is 3.99. The summed E-state index contributed by atoms with van der Waals surface area (Å²) in [7, 11) is 3.44. The van der Waals surface area contributed by atoms with Crippen molar-refractivity contribution in [3.8, 4) is 11.5 Å². The molecule has 1 unspecified atom stereocenters. The fourth-order valence-corrected chi connectivity index (χ4v) is 5.76. The average molecular weight is 464 g/mol. The van der Waals surface area contributed by atoms with Crippen LogP contribution in [0.5, 0.6) is 11.5 Å². The molecule has 1 fully saturated rings. The number of hydrogen-bond acceptors (Lipinski definition) is 5. The maximum atomic E-state index is 13.1. The van der Waals surface area contributed by atoms with Crippen molar-refractivity contribution in [3.05, 3.63) is 53.1 Å². The van der Waals surface area contributed by atoms with Crippen LogP contribution in [0.4, 0.5) is 5.69 Å². The lowest BCUT2D eigenvalue weighted by Crippen LogP contribution is -2.48. The van der Waals surface area contributed by atoms with Gasteiger partial charge in [-0.3, -0.25) is 14.5 Å². The van der Waals surface area contributed by atoms with E-state index in [1.165, 1.54) is 28.9 Å². The molecule has 0 aromatic heterocycles. The number of anilines is 1. The van der Waals surface area contributed by atoms with Gasteiger partial charge < -0.3 is 19.7 Å². The Morgan fingerprint density at radius 2 is 1.79 bits per heavy atom. The highest BCUT2D eigenvalue weighted by Crippen LogP contribution is 2.51. The molecule has 7 heteroatoms. The van der Waals surface area contributed by atoms with E-state index in [0.29, 0.717) is 31.0 Å².